The minimum atomic E-state index is 0.731. The first-order valence-electron chi connectivity index (χ1n) is 5.86. The Labute approximate surface area is 118 Å². The van der Waals surface area contributed by atoms with Crippen molar-refractivity contribution >= 4 is 33.9 Å². The van der Waals surface area contributed by atoms with Crippen LogP contribution in [-0.2, 0) is 5.75 Å². The highest BCUT2D eigenvalue weighted by Crippen LogP contribution is 2.26. The molecule has 6 nitrogen and oxygen atoms in total. The summed E-state index contributed by atoms with van der Waals surface area (Å²) in [6.45, 7) is 2.93. The average Bonchev–Trinajstić information content (AvgIpc) is 3.04. The monoisotopic (exact) mass is 292 g/mol. The van der Waals surface area contributed by atoms with Gasteiger partial charge in [0.05, 0.1) is 0 Å². The molecule has 8 heteroatoms. The molecule has 0 radical (unpaired) electrons. The van der Waals surface area contributed by atoms with Gasteiger partial charge >= 0.3 is 0 Å². The predicted octanol–water partition coefficient (Wildman–Crippen LogP) is 2.30. The number of nitrogens with zero attached hydrogens (tertiary/aromatic N) is 5. The number of pyridine rings is 1. The van der Waals surface area contributed by atoms with Crippen molar-refractivity contribution in [2.75, 3.05) is 11.9 Å². The number of rotatable bonds is 5. The van der Waals surface area contributed by atoms with Crippen molar-refractivity contribution in [1.29, 1.82) is 0 Å². The lowest BCUT2D eigenvalue weighted by Crippen LogP contribution is -1.97. The largest absolute Gasteiger partial charge is 0.374 e. The lowest BCUT2D eigenvalue weighted by Gasteiger charge is -2.01. The van der Waals surface area contributed by atoms with E-state index in [0.29, 0.717) is 0 Å². The normalized spacial score (nSPS) is 11.0. The SMILES string of the molecule is CCNc1snnc1CSc1nnc2ccccn12. The molecule has 3 heterocycles. The maximum Gasteiger partial charge on any atom is 0.195 e. The second-order valence-corrected chi connectivity index (χ2v) is 5.48. The summed E-state index contributed by atoms with van der Waals surface area (Å²) < 4.78 is 5.95. The van der Waals surface area contributed by atoms with Crippen molar-refractivity contribution in [2.24, 2.45) is 0 Å². The van der Waals surface area contributed by atoms with Crippen molar-refractivity contribution in [3.63, 3.8) is 0 Å². The fourth-order valence-corrected chi connectivity index (χ4v) is 3.25. The molecule has 0 aliphatic carbocycles. The smallest absolute Gasteiger partial charge is 0.195 e. The molecule has 0 fully saturated rings. The first kappa shape index (κ1) is 12.4. The fraction of sp³-hybridized carbons (Fsp3) is 0.273. The number of anilines is 1. The van der Waals surface area contributed by atoms with Crippen LogP contribution in [0.5, 0.6) is 0 Å². The van der Waals surface area contributed by atoms with Gasteiger partial charge in [-0.05, 0) is 19.1 Å². The molecule has 0 aliphatic rings. The Hall–Kier alpha value is -1.67. The minimum absolute atomic E-state index is 0.731. The van der Waals surface area contributed by atoms with E-state index < -0.39 is 0 Å². The molecular formula is C11H12N6S2. The van der Waals surface area contributed by atoms with Crippen LogP contribution >= 0.6 is 23.3 Å². The summed E-state index contributed by atoms with van der Waals surface area (Å²) in [4.78, 5) is 0. The van der Waals surface area contributed by atoms with Crippen LogP contribution in [0.1, 0.15) is 12.6 Å². The Morgan fingerprint density at radius 3 is 3.16 bits per heavy atom. The van der Waals surface area contributed by atoms with Crippen LogP contribution in [-0.4, -0.2) is 30.7 Å². The summed E-state index contributed by atoms with van der Waals surface area (Å²) in [5, 5.41) is 17.6. The lowest BCUT2D eigenvalue weighted by atomic mass is 10.5. The van der Waals surface area contributed by atoms with E-state index in [1.54, 1.807) is 11.8 Å². The Bertz CT molecular complexity index is 676. The maximum atomic E-state index is 4.18. The van der Waals surface area contributed by atoms with E-state index in [4.69, 9.17) is 0 Å². The van der Waals surface area contributed by atoms with Gasteiger partial charge in [-0.15, -0.1) is 15.3 Å². The van der Waals surface area contributed by atoms with E-state index in [0.717, 1.165) is 33.8 Å². The van der Waals surface area contributed by atoms with E-state index in [1.165, 1.54) is 11.5 Å². The number of hydrogen-bond donors (Lipinski definition) is 1. The second-order valence-electron chi connectivity index (χ2n) is 3.78. The predicted molar refractivity (Wildman–Crippen MR) is 76.6 cm³/mol. The van der Waals surface area contributed by atoms with Crippen molar-refractivity contribution in [2.45, 2.75) is 17.8 Å². The van der Waals surface area contributed by atoms with Gasteiger partial charge < -0.3 is 5.32 Å². The molecule has 0 spiro atoms. The van der Waals surface area contributed by atoms with E-state index in [2.05, 4.69) is 32.0 Å². The van der Waals surface area contributed by atoms with Gasteiger partial charge in [0.2, 0.25) is 0 Å². The summed E-state index contributed by atoms with van der Waals surface area (Å²) in [6, 6.07) is 5.85. The molecule has 1 N–H and O–H groups in total. The van der Waals surface area contributed by atoms with Crippen molar-refractivity contribution in [1.82, 2.24) is 24.2 Å². The zero-order valence-corrected chi connectivity index (χ0v) is 11.9. The van der Waals surface area contributed by atoms with Gasteiger partial charge in [-0.3, -0.25) is 4.40 Å². The topological polar surface area (TPSA) is 68.0 Å². The number of hydrogen-bond acceptors (Lipinski definition) is 7. The second kappa shape index (κ2) is 5.54. The van der Waals surface area contributed by atoms with Gasteiger partial charge in [0.15, 0.2) is 10.8 Å². The Morgan fingerprint density at radius 2 is 2.26 bits per heavy atom. The molecule has 98 valence electrons. The number of fused-ring (bicyclic) bond motifs is 1. The van der Waals surface area contributed by atoms with Crippen LogP contribution < -0.4 is 5.32 Å². The maximum absolute atomic E-state index is 4.18. The van der Waals surface area contributed by atoms with Crippen LogP contribution in [0.3, 0.4) is 0 Å². The molecule has 0 amide bonds. The van der Waals surface area contributed by atoms with Crippen LogP contribution in [0.15, 0.2) is 29.6 Å². The van der Waals surface area contributed by atoms with Gasteiger partial charge in [-0.2, -0.15) is 0 Å². The lowest BCUT2D eigenvalue weighted by molar-refractivity contribution is 0.919. The highest BCUT2D eigenvalue weighted by atomic mass is 32.2. The molecule has 3 aromatic heterocycles. The van der Waals surface area contributed by atoms with Gasteiger partial charge in [0.1, 0.15) is 10.7 Å². The Morgan fingerprint density at radius 1 is 1.32 bits per heavy atom. The van der Waals surface area contributed by atoms with Crippen molar-refractivity contribution in [3.05, 3.63) is 30.1 Å². The Balaban J connectivity index is 1.77. The number of nitrogens with one attached hydrogen (secondary N) is 1. The minimum Gasteiger partial charge on any atom is -0.374 e. The van der Waals surface area contributed by atoms with Crippen LogP contribution in [0.25, 0.3) is 5.65 Å². The van der Waals surface area contributed by atoms with E-state index >= 15 is 0 Å². The molecule has 0 saturated carbocycles. The van der Waals surface area contributed by atoms with E-state index in [-0.39, 0.29) is 0 Å². The van der Waals surface area contributed by atoms with Gasteiger partial charge in [-0.1, -0.05) is 22.3 Å². The molecule has 0 unspecified atom stereocenters. The highest BCUT2D eigenvalue weighted by Gasteiger charge is 2.10. The van der Waals surface area contributed by atoms with Crippen LogP contribution in [0, 0.1) is 0 Å². The summed E-state index contributed by atoms with van der Waals surface area (Å²) >= 11 is 2.99. The molecule has 3 rings (SSSR count). The van der Waals surface area contributed by atoms with E-state index in [9.17, 15) is 0 Å². The average molecular weight is 292 g/mol. The molecule has 0 atom stereocenters. The van der Waals surface area contributed by atoms with E-state index in [1.807, 2.05) is 28.8 Å². The van der Waals surface area contributed by atoms with Gasteiger partial charge in [-0.25, -0.2) is 0 Å². The number of aromatic nitrogens is 5. The van der Waals surface area contributed by atoms with Crippen LogP contribution in [0.4, 0.5) is 5.00 Å². The summed E-state index contributed by atoms with van der Waals surface area (Å²) in [5.74, 6) is 0.731. The molecule has 0 bridgehead atoms. The fourth-order valence-electron chi connectivity index (χ4n) is 1.65. The number of thioether (sulfide) groups is 1. The summed E-state index contributed by atoms with van der Waals surface area (Å²) in [7, 11) is 0. The highest BCUT2D eigenvalue weighted by molar-refractivity contribution is 7.98. The van der Waals surface area contributed by atoms with Crippen molar-refractivity contribution < 1.29 is 0 Å². The molecule has 0 aromatic carbocycles. The third kappa shape index (κ3) is 2.54. The standard InChI is InChI=1S/C11H12N6S2/c1-2-12-10-8(13-16-19-10)7-18-11-15-14-9-5-3-4-6-17(9)11/h3-6,12H,2,7H2,1H3. The third-order valence-electron chi connectivity index (χ3n) is 2.51. The summed E-state index contributed by atoms with van der Waals surface area (Å²) in [5.41, 5.74) is 1.82. The molecule has 19 heavy (non-hydrogen) atoms. The molecule has 0 saturated heterocycles. The molecular weight excluding hydrogens is 280 g/mol. The quantitative estimate of drug-likeness (QED) is 0.728. The molecule has 3 aromatic rings. The van der Waals surface area contributed by atoms with Crippen molar-refractivity contribution in [3.8, 4) is 0 Å². The zero-order chi connectivity index (χ0) is 13.1. The van der Waals surface area contributed by atoms with Gasteiger partial charge in [0, 0.05) is 30.0 Å². The Kier molecular flexibility index (Phi) is 3.60. The van der Waals surface area contributed by atoms with Crippen LogP contribution in [0.2, 0.25) is 0 Å². The summed E-state index contributed by atoms with van der Waals surface area (Å²) in [6.07, 6.45) is 1.96. The van der Waals surface area contributed by atoms with Gasteiger partial charge in [0.25, 0.3) is 0 Å². The third-order valence-corrected chi connectivity index (χ3v) is 4.19. The zero-order valence-electron chi connectivity index (χ0n) is 10.3. The first-order chi connectivity index (χ1) is 9.38. The molecule has 0 aliphatic heterocycles. The first-order valence-corrected chi connectivity index (χ1v) is 7.62.